The molecule has 1 amide bonds. The van der Waals surface area contributed by atoms with Crippen molar-refractivity contribution in [2.24, 2.45) is 0 Å². The van der Waals surface area contributed by atoms with Gasteiger partial charge in [-0.05, 0) is 40.2 Å². The fraction of sp³-hybridized carbons (Fsp3) is 0.0588. The minimum absolute atomic E-state index is 0.176. The molecule has 0 unspecified atom stereocenters. The minimum Gasteiger partial charge on any atom is -0.465 e. The Labute approximate surface area is 152 Å². The van der Waals surface area contributed by atoms with Crippen molar-refractivity contribution in [2.75, 3.05) is 17.7 Å². The number of methoxy groups -OCH3 is 1. The predicted molar refractivity (Wildman–Crippen MR) is 95.7 cm³/mol. The summed E-state index contributed by atoms with van der Waals surface area (Å²) in [7, 11) is 1.25. The SMILES string of the molecule is COC(=O)c1ccccc1NC(=O)/C(C#N)=C\Nc1ccc(Br)cn1. The van der Waals surface area contributed by atoms with Gasteiger partial charge >= 0.3 is 5.97 Å². The Balaban J connectivity index is 2.15. The van der Waals surface area contributed by atoms with Crippen molar-refractivity contribution in [2.45, 2.75) is 0 Å². The average molecular weight is 401 g/mol. The summed E-state index contributed by atoms with van der Waals surface area (Å²) in [6, 6.07) is 11.6. The molecule has 2 rings (SSSR count). The van der Waals surface area contributed by atoms with Gasteiger partial charge in [-0.25, -0.2) is 9.78 Å². The van der Waals surface area contributed by atoms with Crippen molar-refractivity contribution in [3.05, 3.63) is 64.4 Å². The highest BCUT2D eigenvalue weighted by Crippen LogP contribution is 2.17. The largest absolute Gasteiger partial charge is 0.465 e. The molecule has 1 heterocycles. The maximum Gasteiger partial charge on any atom is 0.339 e. The number of nitrogens with zero attached hydrogens (tertiary/aromatic N) is 2. The van der Waals surface area contributed by atoms with E-state index in [9.17, 15) is 14.9 Å². The number of halogens is 1. The van der Waals surface area contributed by atoms with Gasteiger partial charge in [-0.3, -0.25) is 4.79 Å². The number of carbonyl (C=O) groups is 2. The van der Waals surface area contributed by atoms with E-state index in [4.69, 9.17) is 0 Å². The fourth-order valence-corrected chi connectivity index (χ4v) is 2.06. The van der Waals surface area contributed by atoms with Crippen LogP contribution in [-0.2, 0) is 9.53 Å². The summed E-state index contributed by atoms with van der Waals surface area (Å²) in [5, 5.41) is 14.5. The van der Waals surface area contributed by atoms with E-state index in [0.29, 0.717) is 5.82 Å². The summed E-state index contributed by atoms with van der Waals surface area (Å²) in [4.78, 5) is 28.0. The maximum absolute atomic E-state index is 12.3. The summed E-state index contributed by atoms with van der Waals surface area (Å²) in [5.41, 5.74) is 0.268. The number of rotatable bonds is 5. The first-order valence-electron chi connectivity index (χ1n) is 7.02. The van der Waals surface area contributed by atoms with Gasteiger partial charge in [0.2, 0.25) is 0 Å². The lowest BCUT2D eigenvalue weighted by Crippen LogP contribution is -2.17. The summed E-state index contributed by atoms with van der Waals surface area (Å²) in [6.45, 7) is 0. The molecular weight excluding hydrogens is 388 g/mol. The number of pyridine rings is 1. The zero-order chi connectivity index (χ0) is 18.2. The molecule has 1 aromatic carbocycles. The lowest BCUT2D eigenvalue weighted by Gasteiger charge is -2.09. The lowest BCUT2D eigenvalue weighted by atomic mass is 10.1. The molecule has 0 atom stereocenters. The van der Waals surface area contributed by atoms with Crippen LogP contribution < -0.4 is 10.6 Å². The second-order valence-electron chi connectivity index (χ2n) is 4.67. The lowest BCUT2D eigenvalue weighted by molar-refractivity contribution is -0.112. The van der Waals surface area contributed by atoms with Gasteiger partial charge in [0.1, 0.15) is 17.5 Å². The summed E-state index contributed by atoms with van der Waals surface area (Å²) in [6.07, 6.45) is 2.82. The molecule has 25 heavy (non-hydrogen) atoms. The average Bonchev–Trinajstić information content (AvgIpc) is 2.63. The number of hydrogen-bond acceptors (Lipinski definition) is 6. The van der Waals surface area contributed by atoms with Crippen molar-refractivity contribution in [3.63, 3.8) is 0 Å². The number of para-hydroxylation sites is 1. The monoisotopic (exact) mass is 400 g/mol. The number of anilines is 2. The zero-order valence-electron chi connectivity index (χ0n) is 13.1. The van der Waals surface area contributed by atoms with Crippen LogP contribution in [0.3, 0.4) is 0 Å². The first-order chi connectivity index (χ1) is 12.0. The molecule has 126 valence electrons. The molecule has 2 aromatic rings. The van der Waals surface area contributed by atoms with Crippen LogP contribution in [0.5, 0.6) is 0 Å². The molecule has 0 saturated heterocycles. The molecule has 0 spiro atoms. The van der Waals surface area contributed by atoms with E-state index in [1.54, 1.807) is 42.6 Å². The first-order valence-corrected chi connectivity index (χ1v) is 7.81. The second kappa shape index (κ2) is 8.61. The van der Waals surface area contributed by atoms with E-state index >= 15 is 0 Å². The summed E-state index contributed by atoms with van der Waals surface area (Å²) >= 11 is 3.26. The van der Waals surface area contributed by atoms with Gasteiger partial charge in [0.25, 0.3) is 5.91 Å². The van der Waals surface area contributed by atoms with E-state index in [2.05, 4.69) is 36.3 Å². The molecule has 7 nitrogen and oxygen atoms in total. The fourth-order valence-electron chi connectivity index (χ4n) is 1.83. The van der Waals surface area contributed by atoms with Crippen molar-refractivity contribution < 1.29 is 14.3 Å². The number of aromatic nitrogens is 1. The van der Waals surface area contributed by atoms with Crippen LogP contribution in [0.25, 0.3) is 0 Å². The third-order valence-corrected chi connectivity index (χ3v) is 3.51. The zero-order valence-corrected chi connectivity index (χ0v) is 14.7. The first kappa shape index (κ1) is 18.2. The topological polar surface area (TPSA) is 104 Å². The van der Waals surface area contributed by atoms with Crippen molar-refractivity contribution in [3.8, 4) is 6.07 Å². The van der Waals surface area contributed by atoms with Crippen LogP contribution in [0.1, 0.15) is 10.4 Å². The van der Waals surface area contributed by atoms with Crippen LogP contribution >= 0.6 is 15.9 Å². The highest BCUT2D eigenvalue weighted by molar-refractivity contribution is 9.10. The van der Waals surface area contributed by atoms with Crippen LogP contribution in [0.2, 0.25) is 0 Å². The van der Waals surface area contributed by atoms with Crippen molar-refractivity contribution in [1.29, 1.82) is 5.26 Å². The van der Waals surface area contributed by atoms with E-state index in [-0.39, 0.29) is 16.8 Å². The molecule has 1 aromatic heterocycles. The smallest absolute Gasteiger partial charge is 0.339 e. The van der Waals surface area contributed by atoms with Gasteiger partial charge in [0.05, 0.1) is 18.4 Å². The van der Waals surface area contributed by atoms with Crippen LogP contribution in [0.4, 0.5) is 11.5 Å². The van der Waals surface area contributed by atoms with Gasteiger partial charge in [-0.1, -0.05) is 12.1 Å². The van der Waals surface area contributed by atoms with Gasteiger partial charge in [0.15, 0.2) is 0 Å². The summed E-state index contributed by atoms with van der Waals surface area (Å²) in [5.74, 6) is -0.780. The molecule has 0 aliphatic rings. The van der Waals surface area contributed by atoms with E-state index < -0.39 is 11.9 Å². The van der Waals surface area contributed by atoms with Gasteiger partial charge < -0.3 is 15.4 Å². The van der Waals surface area contributed by atoms with Crippen molar-refractivity contribution >= 4 is 39.3 Å². The number of nitrogens with one attached hydrogen (secondary N) is 2. The molecule has 0 aliphatic carbocycles. The Morgan fingerprint density at radius 1 is 1.28 bits per heavy atom. The van der Waals surface area contributed by atoms with Crippen LogP contribution in [0, 0.1) is 11.3 Å². The van der Waals surface area contributed by atoms with Gasteiger partial charge in [-0.15, -0.1) is 0 Å². The molecule has 2 N–H and O–H groups in total. The number of hydrogen-bond donors (Lipinski definition) is 2. The van der Waals surface area contributed by atoms with Gasteiger partial charge in [-0.2, -0.15) is 5.26 Å². The third-order valence-electron chi connectivity index (χ3n) is 3.04. The standard InChI is InChI=1S/C17H13BrN4O3/c1-25-17(24)13-4-2-3-5-14(13)22-16(23)11(8-19)9-20-15-7-6-12(18)10-21-15/h2-7,9-10H,1H3,(H,20,21)(H,22,23)/b11-9-. The molecule has 8 heteroatoms. The quantitative estimate of drug-likeness (QED) is 0.453. The highest BCUT2D eigenvalue weighted by atomic mass is 79.9. The molecule has 0 radical (unpaired) electrons. The number of carbonyl (C=O) groups excluding carboxylic acids is 2. The molecular formula is C17H13BrN4O3. The number of amides is 1. The van der Waals surface area contributed by atoms with Gasteiger partial charge in [0, 0.05) is 16.9 Å². The number of ether oxygens (including phenoxy) is 1. The Bertz CT molecular complexity index is 857. The Kier molecular flexibility index (Phi) is 6.26. The Hall–Kier alpha value is -3.18. The molecule has 0 fully saturated rings. The second-order valence-corrected chi connectivity index (χ2v) is 5.58. The van der Waals surface area contributed by atoms with Crippen LogP contribution in [-0.4, -0.2) is 24.0 Å². The predicted octanol–water partition coefficient (Wildman–Crippen LogP) is 3.09. The van der Waals surface area contributed by atoms with E-state index in [1.807, 2.05) is 0 Å². The molecule has 0 bridgehead atoms. The Morgan fingerprint density at radius 2 is 2.04 bits per heavy atom. The van der Waals surface area contributed by atoms with Crippen LogP contribution in [0.15, 0.2) is 58.8 Å². The van der Waals surface area contributed by atoms with E-state index in [1.165, 1.54) is 19.4 Å². The van der Waals surface area contributed by atoms with E-state index in [0.717, 1.165) is 4.47 Å². The number of benzene rings is 1. The Morgan fingerprint density at radius 3 is 2.68 bits per heavy atom. The molecule has 0 saturated carbocycles. The highest BCUT2D eigenvalue weighted by Gasteiger charge is 2.15. The molecule has 0 aliphatic heterocycles. The third kappa shape index (κ3) is 4.89. The normalized spacial score (nSPS) is 10.5. The van der Waals surface area contributed by atoms with Crippen molar-refractivity contribution in [1.82, 2.24) is 4.98 Å². The summed E-state index contributed by atoms with van der Waals surface area (Å²) < 4.78 is 5.47. The number of esters is 1. The minimum atomic E-state index is -0.663. The maximum atomic E-state index is 12.3. The number of nitriles is 1.